The van der Waals surface area contributed by atoms with Crippen LogP contribution in [-0.4, -0.2) is 5.78 Å². The number of hydrogen-bond acceptors (Lipinski definition) is 1. The molecule has 0 atom stereocenters. The van der Waals surface area contributed by atoms with E-state index in [0.29, 0.717) is 12.1 Å². The van der Waals surface area contributed by atoms with Gasteiger partial charge in [0.1, 0.15) is 5.82 Å². The van der Waals surface area contributed by atoms with Gasteiger partial charge in [0.15, 0.2) is 5.78 Å². The van der Waals surface area contributed by atoms with Gasteiger partial charge in [-0.15, -0.1) is 0 Å². The van der Waals surface area contributed by atoms with Crippen LogP contribution < -0.4 is 0 Å². The first-order valence-corrected chi connectivity index (χ1v) is 6.23. The highest BCUT2D eigenvalue weighted by atomic mass is 19.4. The monoisotopic (exact) mass is 296 g/mol. The summed E-state index contributed by atoms with van der Waals surface area (Å²) in [7, 11) is 0. The first-order chi connectivity index (χ1) is 9.77. The van der Waals surface area contributed by atoms with Gasteiger partial charge in [-0.1, -0.05) is 35.9 Å². The molecule has 0 aromatic heterocycles. The van der Waals surface area contributed by atoms with Crippen LogP contribution in [0.25, 0.3) is 0 Å². The van der Waals surface area contributed by atoms with Gasteiger partial charge in [-0.2, -0.15) is 13.2 Å². The average Bonchev–Trinajstić information content (AvgIpc) is 2.39. The molecule has 2 aromatic rings. The Labute approximate surface area is 119 Å². The fraction of sp³-hybridized carbons (Fsp3) is 0.188. The Morgan fingerprint density at radius 2 is 1.67 bits per heavy atom. The third-order valence-corrected chi connectivity index (χ3v) is 3.08. The van der Waals surface area contributed by atoms with E-state index in [9.17, 15) is 22.4 Å². The highest BCUT2D eigenvalue weighted by Gasteiger charge is 2.34. The summed E-state index contributed by atoms with van der Waals surface area (Å²) in [5.41, 5.74) is 0.327. The number of carbonyl (C=O) groups is 1. The van der Waals surface area contributed by atoms with Crippen LogP contribution in [0.15, 0.2) is 42.5 Å². The van der Waals surface area contributed by atoms with Crippen molar-refractivity contribution in [2.75, 3.05) is 0 Å². The number of Topliss-reactive ketones (excluding diaryl/α,β-unsaturated/α-hetero) is 1. The molecule has 0 heterocycles. The summed E-state index contributed by atoms with van der Waals surface area (Å²) < 4.78 is 50.7. The zero-order valence-electron chi connectivity index (χ0n) is 11.2. The summed E-state index contributed by atoms with van der Waals surface area (Å²) in [5, 5.41) is 0. The predicted octanol–water partition coefficient (Wildman–Crippen LogP) is 4.58. The highest BCUT2D eigenvalue weighted by Crippen LogP contribution is 2.31. The molecule has 1 nitrogen and oxygen atoms in total. The molecule has 2 aromatic carbocycles. The molecular formula is C16H12F4O. The molecule has 0 unspecified atom stereocenters. The van der Waals surface area contributed by atoms with Crippen LogP contribution in [0.5, 0.6) is 0 Å². The van der Waals surface area contributed by atoms with Crippen LogP contribution in [0.1, 0.15) is 27.0 Å². The Balaban J connectivity index is 2.20. The van der Waals surface area contributed by atoms with Crippen molar-refractivity contribution in [3.05, 3.63) is 70.5 Å². The molecule has 0 radical (unpaired) electrons. The maximum absolute atomic E-state index is 13.4. The molecule has 0 bridgehead atoms. The van der Waals surface area contributed by atoms with Crippen LogP contribution in [0.4, 0.5) is 17.6 Å². The molecule has 110 valence electrons. The molecule has 0 saturated carbocycles. The number of aryl methyl sites for hydroxylation is 1. The molecule has 0 amide bonds. The van der Waals surface area contributed by atoms with E-state index in [2.05, 4.69) is 0 Å². The van der Waals surface area contributed by atoms with Gasteiger partial charge in [-0.3, -0.25) is 4.79 Å². The van der Waals surface area contributed by atoms with E-state index in [1.54, 1.807) is 12.1 Å². The van der Waals surface area contributed by atoms with E-state index in [4.69, 9.17) is 0 Å². The van der Waals surface area contributed by atoms with Crippen LogP contribution in [0.3, 0.4) is 0 Å². The second-order valence-corrected chi connectivity index (χ2v) is 4.78. The third-order valence-electron chi connectivity index (χ3n) is 3.08. The van der Waals surface area contributed by atoms with Gasteiger partial charge in [-0.25, -0.2) is 4.39 Å². The van der Waals surface area contributed by atoms with E-state index in [1.807, 2.05) is 19.1 Å². The van der Waals surface area contributed by atoms with Crippen molar-refractivity contribution in [2.24, 2.45) is 0 Å². The quantitative estimate of drug-likeness (QED) is 0.598. The van der Waals surface area contributed by atoms with Crippen molar-refractivity contribution in [3.8, 4) is 0 Å². The maximum Gasteiger partial charge on any atom is 0.419 e. The lowest BCUT2D eigenvalue weighted by Crippen LogP contribution is -2.10. The lowest BCUT2D eigenvalue weighted by atomic mass is 10.0. The van der Waals surface area contributed by atoms with Gasteiger partial charge in [0.2, 0.25) is 0 Å². The average molecular weight is 296 g/mol. The van der Waals surface area contributed by atoms with Crippen molar-refractivity contribution in [2.45, 2.75) is 19.5 Å². The van der Waals surface area contributed by atoms with Crippen molar-refractivity contribution in [1.82, 2.24) is 0 Å². The summed E-state index contributed by atoms with van der Waals surface area (Å²) in [6.07, 6.45) is -4.74. The zero-order chi connectivity index (χ0) is 15.6. The van der Waals surface area contributed by atoms with E-state index in [-0.39, 0.29) is 12.0 Å². The Bertz CT molecular complexity index is 657. The minimum absolute atomic E-state index is 0.0189. The number of carbonyl (C=O) groups excluding carboxylic acids is 1. The number of rotatable bonds is 3. The SMILES string of the molecule is Cc1ccc(CC(=O)c2ccc(C(F)(F)F)c(F)c2)cc1. The van der Waals surface area contributed by atoms with Crippen LogP contribution in [0, 0.1) is 12.7 Å². The largest absolute Gasteiger partial charge is 0.419 e. The van der Waals surface area contributed by atoms with Gasteiger partial charge in [-0.05, 0) is 24.6 Å². The number of alkyl halides is 3. The Kier molecular flexibility index (Phi) is 4.11. The van der Waals surface area contributed by atoms with Gasteiger partial charge >= 0.3 is 6.18 Å². The molecule has 5 heteroatoms. The molecule has 0 aliphatic rings. The number of hydrogen-bond donors (Lipinski definition) is 0. The molecular weight excluding hydrogens is 284 g/mol. The van der Waals surface area contributed by atoms with Crippen molar-refractivity contribution in [1.29, 1.82) is 0 Å². The summed E-state index contributed by atoms with van der Waals surface area (Å²) in [6.45, 7) is 1.90. The Hall–Kier alpha value is -2.17. The molecule has 21 heavy (non-hydrogen) atoms. The second kappa shape index (κ2) is 5.68. The Morgan fingerprint density at radius 3 is 2.19 bits per heavy atom. The van der Waals surface area contributed by atoms with E-state index >= 15 is 0 Å². The number of halogens is 4. The van der Waals surface area contributed by atoms with Crippen LogP contribution >= 0.6 is 0 Å². The Morgan fingerprint density at radius 1 is 1.05 bits per heavy atom. The fourth-order valence-electron chi connectivity index (χ4n) is 1.91. The van der Waals surface area contributed by atoms with E-state index in [1.165, 1.54) is 0 Å². The minimum Gasteiger partial charge on any atom is -0.294 e. The van der Waals surface area contributed by atoms with Crippen LogP contribution in [0.2, 0.25) is 0 Å². The van der Waals surface area contributed by atoms with E-state index in [0.717, 1.165) is 17.2 Å². The first-order valence-electron chi connectivity index (χ1n) is 6.23. The maximum atomic E-state index is 13.4. The van der Waals surface area contributed by atoms with Crippen molar-refractivity contribution in [3.63, 3.8) is 0 Å². The summed E-state index contributed by atoms with van der Waals surface area (Å²) in [5.74, 6) is -1.86. The van der Waals surface area contributed by atoms with Crippen molar-refractivity contribution < 1.29 is 22.4 Å². The third kappa shape index (κ3) is 3.68. The fourth-order valence-corrected chi connectivity index (χ4v) is 1.91. The first kappa shape index (κ1) is 15.2. The zero-order valence-corrected chi connectivity index (χ0v) is 11.2. The number of ketones is 1. The van der Waals surface area contributed by atoms with Gasteiger partial charge in [0.25, 0.3) is 0 Å². The molecule has 2 rings (SSSR count). The molecule has 0 aliphatic carbocycles. The molecule has 0 aliphatic heterocycles. The van der Waals surface area contributed by atoms with Crippen molar-refractivity contribution >= 4 is 5.78 Å². The van der Waals surface area contributed by atoms with E-state index < -0.39 is 23.3 Å². The highest BCUT2D eigenvalue weighted by molar-refractivity contribution is 5.97. The normalized spacial score (nSPS) is 11.5. The summed E-state index contributed by atoms with van der Waals surface area (Å²) in [6, 6.07) is 9.41. The van der Waals surface area contributed by atoms with Gasteiger partial charge in [0, 0.05) is 12.0 Å². The molecule has 0 fully saturated rings. The van der Waals surface area contributed by atoms with Gasteiger partial charge < -0.3 is 0 Å². The predicted molar refractivity (Wildman–Crippen MR) is 70.6 cm³/mol. The second-order valence-electron chi connectivity index (χ2n) is 4.78. The molecule has 0 saturated heterocycles. The molecule has 0 N–H and O–H groups in total. The topological polar surface area (TPSA) is 17.1 Å². The van der Waals surface area contributed by atoms with Gasteiger partial charge in [0.05, 0.1) is 5.56 Å². The lowest BCUT2D eigenvalue weighted by molar-refractivity contribution is -0.140. The lowest BCUT2D eigenvalue weighted by Gasteiger charge is -2.09. The molecule has 0 spiro atoms. The minimum atomic E-state index is -4.76. The standard InChI is InChI=1S/C16H12F4O/c1-10-2-4-11(5-3-10)8-15(21)12-6-7-13(14(17)9-12)16(18,19)20/h2-7,9H,8H2,1H3. The summed E-state index contributed by atoms with van der Waals surface area (Å²) in [4.78, 5) is 12.0. The smallest absolute Gasteiger partial charge is 0.294 e. The number of benzene rings is 2. The summed E-state index contributed by atoms with van der Waals surface area (Å²) >= 11 is 0. The van der Waals surface area contributed by atoms with Crippen LogP contribution in [-0.2, 0) is 12.6 Å².